The van der Waals surface area contributed by atoms with Gasteiger partial charge < -0.3 is 9.64 Å². The molecule has 4 heterocycles. The lowest BCUT2D eigenvalue weighted by Gasteiger charge is -2.34. The maximum absolute atomic E-state index is 12.6. The molecule has 1 aromatic carbocycles. The Bertz CT molecular complexity index is 1410. The number of nitrogens with zero attached hydrogens (tertiary/aromatic N) is 4. The summed E-state index contributed by atoms with van der Waals surface area (Å²) in [7, 11) is -3.43. The molecule has 0 aliphatic carbocycles. The summed E-state index contributed by atoms with van der Waals surface area (Å²) in [5.74, 6) is 0.778. The number of aromatic nitrogens is 4. The largest absolute Gasteiger partial charge is 0.377 e. The fourth-order valence-electron chi connectivity index (χ4n) is 4.04. The number of fused-ring (bicyclic) bond motifs is 1. The molecule has 1 fully saturated rings. The fraction of sp³-hybridized carbons (Fsp3) is 0.318. The van der Waals surface area contributed by atoms with Crippen LogP contribution in [-0.2, 0) is 14.6 Å². The molecule has 32 heavy (non-hydrogen) atoms. The highest BCUT2D eigenvalue weighted by molar-refractivity contribution is 7.90. The first-order valence-electron chi connectivity index (χ1n) is 10.3. The van der Waals surface area contributed by atoms with E-state index < -0.39 is 9.84 Å². The summed E-state index contributed by atoms with van der Waals surface area (Å²) in [6.45, 7) is 5.97. The third-order valence-electron chi connectivity index (χ3n) is 5.60. The van der Waals surface area contributed by atoms with Crippen molar-refractivity contribution in [2.45, 2.75) is 24.8 Å². The van der Waals surface area contributed by atoms with Crippen molar-refractivity contribution >= 4 is 37.4 Å². The quantitative estimate of drug-likeness (QED) is 0.486. The van der Waals surface area contributed by atoms with Crippen molar-refractivity contribution in [3.63, 3.8) is 0 Å². The molecule has 0 bridgehead atoms. The molecule has 0 saturated carbocycles. The lowest BCUT2D eigenvalue weighted by molar-refractivity contribution is 0.0986. The molecule has 10 heteroatoms. The van der Waals surface area contributed by atoms with Crippen LogP contribution in [0, 0.1) is 6.92 Å². The standard InChI is InChI=1S/C22H23N5O3S2/c1-13-10-17(25-24-13)20-21-22(31-26-20)16(15-6-4-5-7-18(15)32(3,28)29)11-19(23-21)27-8-9-30-12-14(27)2/h4-7,10-11,14H,8-9,12H2,1-3H3,(H,24,25). The van der Waals surface area contributed by atoms with Gasteiger partial charge in [0.1, 0.15) is 22.7 Å². The second-order valence-corrected chi connectivity index (χ2v) is 10.8. The number of sulfone groups is 1. The van der Waals surface area contributed by atoms with Gasteiger partial charge in [-0.25, -0.2) is 13.4 Å². The van der Waals surface area contributed by atoms with E-state index in [0.717, 1.165) is 33.0 Å². The summed E-state index contributed by atoms with van der Waals surface area (Å²) in [5, 5.41) is 7.34. The van der Waals surface area contributed by atoms with Gasteiger partial charge in [-0.05, 0) is 43.6 Å². The zero-order valence-corrected chi connectivity index (χ0v) is 19.6. The van der Waals surface area contributed by atoms with E-state index in [1.807, 2.05) is 31.2 Å². The van der Waals surface area contributed by atoms with Crippen LogP contribution in [0.4, 0.5) is 5.82 Å². The van der Waals surface area contributed by atoms with Gasteiger partial charge in [0.15, 0.2) is 9.84 Å². The second kappa shape index (κ2) is 7.95. The number of aromatic amines is 1. The van der Waals surface area contributed by atoms with Crippen molar-refractivity contribution in [3.05, 3.63) is 42.1 Å². The number of hydrogen-bond acceptors (Lipinski definition) is 8. The average molecular weight is 470 g/mol. The molecule has 1 unspecified atom stereocenters. The van der Waals surface area contributed by atoms with Crippen molar-refractivity contribution in [3.8, 4) is 22.5 Å². The minimum absolute atomic E-state index is 0.148. The highest BCUT2D eigenvalue weighted by atomic mass is 32.2. The summed E-state index contributed by atoms with van der Waals surface area (Å²) in [6, 6.07) is 11.1. The number of pyridine rings is 1. The number of morpholine rings is 1. The van der Waals surface area contributed by atoms with Gasteiger partial charge in [-0.1, -0.05) is 18.2 Å². The molecule has 1 N–H and O–H groups in total. The predicted molar refractivity (Wildman–Crippen MR) is 126 cm³/mol. The van der Waals surface area contributed by atoms with Crippen molar-refractivity contribution in [2.24, 2.45) is 0 Å². The number of benzene rings is 1. The third-order valence-corrected chi connectivity index (χ3v) is 7.62. The Morgan fingerprint density at radius 3 is 2.75 bits per heavy atom. The lowest BCUT2D eigenvalue weighted by atomic mass is 10.0. The van der Waals surface area contributed by atoms with Crippen LogP contribution in [0.2, 0.25) is 0 Å². The number of ether oxygens (including phenoxy) is 1. The molecule has 3 aromatic heterocycles. The van der Waals surface area contributed by atoms with Crippen molar-refractivity contribution in [1.82, 2.24) is 19.6 Å². The van der Waals surface area contributed by atoms with Crippen molar-refractivity contribution in [2.75, 3.05) is 30.9 Å². The lowest BCUT2D eigenvalue weighted by Crippen LogP contribution is -2.44. The third kappa shape index (κ3) is 3.68. The van der Waals surface area contributed by atoms with E-state index in [4.69, 9.17) is 9.72 Å². The first-order chi connectivity index (χ1) is 15.3. The van der Waals surface area contributed by atoms with E-state index in [9.17, 15) is 8.42 Å². The number of hydrogen-bond donors (Lipinski definition) is 1. The zero-order chi connectivity index (χ0) is 22.5. The highest BCUT2D eigenvalue weighted by Crippen LogP contribution is 2.40. The van der Waals surface area contributed by atoms with Crippen LogP contribution < -0.4 is 4.90 Å². The highest BCUT2D eigenvalue weighted by Gasteiger charge is 2.26. The minimum atomic E-state index is -3.43. The van der Waals surface area contributed by atoms with Gasteiger partial charge in [0.25, 0.3) is 0 Å². The summed E-state index contributed by atoms with van der Waals surface area (Å²) in [5.41, 5.74) is 4.52. The summed E-state index contributed by atoms with van der Waals surface area (Å²) >= 11 is 1.31. The van der Waals surface area contributed by atoms with E-state index in [1.54, 1.807) is 12.1 Å². The van der Waals surface area contributed by atoms with Gasteiger partial charge in [0.2, 0.25) is 0 Å². The van der Waals surface area contributed by atoms with E-state index in [1.165, 1.54) is 17.8 Å². The topological polar surface area (TPSA) is 101 Å². The number of H-pyrrole nitrogens is 1. The SMILES string of the molecule is Cc1cc(-c2nsc3c(-c4ccccc4S(C)(=O)=O)cc(N4CCOCC4C)nc23)n[nH]1. The van der Waals surface area contributed by atoms with Crippen molar-refractivity contribution in [1.29, 1.82) is 0 Å². The van der Waals surface area contributed by atoms with Gasteiger partial charge in [-0.2, -0.15) is 9.47 Å². The normalized spacial score (nSPS) is 17.2. The molecule has 8 nitrogen and oxygen atoms in total. The van der Waals surface area contributed by atoms with Gasteiger partial charge in [0, 0.05) is 29.6 Å². The maximum atomic E-state index is 12.6. The summed E-state index contributed by atoms with van der Waals surface area (Å²) < 4.78 is 36.2. The summed E-state index contributed by atoms with van der Waals surface area (Å²) in [6.07, 6.45) is 1.24. The molecule has 1 aliphatic heterocycles. The Hall–Kier alpha value is -2.82. The predicted octanol–water partition coefficient (Wildman–Crippen LogP) is 3.69. The van der Waals surface area contributed by atoms with Crippen molar-refractivity contribution < 1.29 is 13.2 Å². The molecule has 5 rings (SSSR count). The Labute approximate surface area is 190 Å². The molecule has 0 amide bonds. The van der Waals surface area contributed by atoms with Gasteiger partial charge in [0.05, 0.1) is 28.9 Å². The van der Waals surface area contributed by atoms with Crippen LogP contribution >= 0.6 is 11.5 Å². The molecular weight excluding hydrogens is 446 g/mol. The second-order valence-electron chi connectivity index (χ2n) is 8.06. The van der Waals surface area contributed by atoms with E-state index in [0.29, 0.717) is 35.9 Å². The van der Waals surface area contributed by atoms with Gasteiger partial charge in [-0.15, -0.1) is 0 Å². The Kier molecular flexibility index (Phi) is 5.23. The monoisotopic (exact) mass is 469 g/mol. The van der Waals surface area contributed by atoms with Crippen LogP contribution in [0.5, 0.6) is 0 Å². The van der Waals surface area contributed by atoms with Crippen LogP contribution in [0.15, 0.2) is 41.3 Å². The van der Waals surface area contributed by atoms with Gasteiger partial charge in [-0.3, -0.25) is 5.10 Å². The number of rotatable bonds is 4. The molecule has 0 spiro atoms. The molecule has 1 saturated heterocycles. The fourth-order valence-corrected chi connectivity index (χ4v) is 5.80. The Balaban J connectivity index is 1.80. The van der Waals surface area contributed by atoms with Crippen LogP contribution in [0.25, 0.3) is 32.7 Å². The number of nitrogens with one attached hydrogen (secondary N) is 1. The molecule has 1 aliphatic rings. The molecule has 166 valence electrons. The van der Waals surface area contributed by atoms with Gasteiger partial charge >= 0.3 is 0 Å². The number of aryl methyl sites for hydroxylation is 1. The average Bonchev–Trinajstić information content (AvgIpc) is 3.38. The molecule has 0 radical (unpaired) electrons. The Morgan fingerprint density at radius 1 is 1.22 bits per heavy atom. The van der Waals surface area contributed by atoms with Crippen LogP contribution in [0.3, 0.4) is 0 Å². The first kappa shape index (κ1) is 21.0. The Morgan fingerprint density at radius 2 is 2.03 bits per heavy atom. The number of anilines is 1. The maximum Gasteiger partial charge on any atom is 0.176 e. The van der Waals surface area contributed by atoms with Crippen LogP contribution in [0.1, 0.15) is 12.6 Å². The zero-order valence-electron chi connectivity index (χ0n) is 18.0. The minimum Gasteiger partial charge on any atom is -0.377 e. The molecule has 1 atom stereocenters. The summed E-state index contributed by atoms with van der Waals surface area (Å²) in [4.78, 5) is 7.48. The molecule has 4 aromatic rings. The van der Waals surface area contributed by atoms with E-state index in [-0.39, 0.29) is 6.04 Å². The van der Waals surface area contributed by atoms with Crippen LogP contribution in [-0.4, -0.2) is 60.0 Å². The molecular formula is C22H23N5O3S2. The van der Waals surface area contributed by atoms with E-state index in [2.05, 4.69) is 26.4 Å². The first-order valence-corrected chi connectivity index (χ1v) is 13.0. The smallest absolute Gasteiger partial charge is 0.176 e. The van der Waals surface area contributed by atoms with E-state index >= 15 is 0 Å².